The highest BCUT2D eigenvalue weighted by Crippen LogP contribution is 2.47. The molecule has 1 aromatic heterocycles. The van der Waals surface area contributed by atoms with Gasteiger partial charge in [0.1, 0.15) is 35.7 Å². The number of aromatic nitrogens is 2. The van der Waals surface area contributed by atoms with Crippen LogP contribution >= 0.6 is 0 Å². The van der Waals surface area contributed by atoms with Gasteiger partial charge in [-0.2, -0.15) is 9.97 Å². The Labute approximate surface area is 303 Å². The van der Waals surface area contributed by atoms with Crippen molar-refractivity contribution in [2.24, 2.45) is 0 Å². The molecule has 4 saturated heterocycles. The van der Waals surface area contributed by atoms with Gasteiger partial charge in [-0.15, -0.1) is 6.42 Å². The van der Waals surface area contributed by atoms with Gasteiger partial charge in [0, 0.05) is 62.9 Å². The molecule has 3 aromatic carbocycles. The summed E-state index contributed by atoms with van der Waals surface area (Å²) < 4.78 is 81.6. The number of hydrogen-bond acceptors (Lipinski definition) is 9. The van der Waals surface area contributed by atoms with Gasteiger partial charge in [-0.05, 0) is 55.8 Å². The molecule has 4 fully saturated rings. The number of anilines is 1. The van der Waals surface area contributed by atoms with Gasteiger partial charge in [-0.25, -0.2) is 17.6 Å². The second-order valence-electron chi connectivity index (χ2n) is 14.4. The third-order valence-corrected chi connectivity index (χ3v) is 11.2. The van der Waals surface area contributed by atoms with E-state index < -0.39 is 40.7 Å². The number of halogens is 4. The molecular formula is C39H37F4N5O5. The first-order chi connectivity index (χ1) is 25.4. The van der Waals surface area contributed by atoms with E-state index in [1.54, 1.807) is 0 Å². The molecule has 0 radical (unpaired) electrons. The van der Waals surface area contributed by atoms with Gasteiger partial charge in [-0.1, -0.05) is 12.0 Å². The fraction of sp³-hybridized carbons (Fsp3) is 0.436. The van der Waals surface area contributed by atoms with Crippen molar-refractivity contribution in [3.63, 3.8) is 0 Å². The number of nitrogens with zero attached hydrogens (tertiary/aromatic N) is 5. The molecule has 4 atom stereocenters. The molecular weight excluding hydrogens is 694 g/mol. The number of benzene rings is 3. The van der Waals surface area contributed by atoms with E-state index in [0.717, 1.165) is 31.9 Å². The Morgan fingerprint density at radius 2 is 1.79 bits per heavy atom. The summed E-state index contributed by atoms with van der Waals surface area (Å²) in [6.45, 7) is 4.43. The van der Waals surface area contributed by atoms with Crippen molar-refractivity contribution in [2.75, 3.05) is 44.8 Å². The van der Waals surface area contributed by atoms with Crippen LogP contribution in [0.25, 0.3) is 32.8 Å². The number of alkyl halides is 1. The van der Waals surface area contributed by atoms with Crippen LogP contribution in [0.4, 0.5) is 23.4 Å². The number of carbonyl (C=O) groups excluding carboxylic acids is 2. The summed E-state index contributed by atoms with van der Waals surface area (Å²) in [6.07, 6.45) is 8.08. The van der Waals surface area contributed by atoms with Gasteiger partial charge < -0.3 is 24.0 Å². The Kier molecular flexibility index (Phi) is 8.59. The quantitative estimate of drug-likeness (QED) is 0.0992. The second-order valence-corrected chi connectivity index (χ2v) is 14.4. The average molecular weight is 732 g/mol. The van der Waals surface area contributed by atoms with Crippen molar-refractivity contribution in [1.29, 1.82) is 0 Å². The largest absolute Gasteiger partial charge is 0.493 e. The number of esters is 1. The van der Waals surface area contributed by atoms with Crippen LogP contribution in [0.3, 0.4) is 0 Å². The number of amides is 1. The molecule has 53 heavy (non-hydrogen) atoms. The molecule has 14 heteroatoms. The van der Waals surface area contributed by atoms with Gasteiger partial charge >= 0.3 is 12.0 Å². The number of ether oxygens (including phenoxy) is 3. The fourth-order valence-electron chi connectivity index (χ4n) is 9.17. The first kappa shape index (κ1) is 34.9. The van der Waals surface area contributed by atoms with Crippen LogP contribution in [0.2, 0.25) is 0 Å². The van der Waals surface area contributed by atoms with E-state index in [2.05, 4.69) is 15.8 Å². The predicted octanol–water partition coefficient (Wildman–Crippen LogP) is 5.94. The van der Waals surface area contributed by atoms with E-state index in [0.29, 0.717) is 26.1 Å². The average Bonchev–Trinajstić information content (AvgIpc) is 3.74. The lowest BCUT2D eigenvalue weighted by atomic mass is 9.92. The standard InChI is InChI=1S/C39H37F4N5O5/c1-5-27-29(41)10-7-22-13-26(53-21(3)50)14-28(30(22)27)31-33(42)35-32(36(51-4)34(31)43)37(46-17-24-8-9-25(18-46)48(24)20(2)49)45-38(44-35)52-19-39-11-6-12-47(39)16-23(40)15-39/h1,7,10,13-14,23-25H,6,8-9,11-12,15-19H2,2-4H3/t23-,24?,25?,39+/m1/s1. The van der Waals surface area contributed by atoms with Gasteiger partial charge in [0.15, 0.2) is 17.4 Å². The van der Waals surface area contributed by atoms with Crippen molar-refractivity contribution in [3.05, 3.63) is 47.3 Å². The minimum Gasteiger partial charge on any atom is -0.493 e. The Hall–Kier alpha value is -5.16. The number of carbonyl (C=O) groups is 2. The first-order valence-electron chi connectivity index (χ1n) is 17.7. The number of methoxy groups -OCH3 is 1. The van der Waals surface area contributed by atoms with E-state index in [4.69, 9.17) is 25.6 Å². The lowest BCUT2D eigenvalue weighted by Crippen LogP contribution is -2.55. The highest BCUT2D eigenvalue weighted by atomic mass is 19.1. The number of terminal acetylenes is 1. The van der Waals surface area contributed by atoms with Crippen molar-refractivity contribution >= 4 is 39.4 Å². The van der Waals surface area contributed by atoms with Gasteiger partial charge in [-0.3, -0.25) is 14.5 Å². The summed E-state index contributed by atoms with van der Waals surface area (Å²) in [7, 11) is 1.23. The first-order valence-corrected chi connectivity index (χ1v) is 17.7. The molecule has 0 spiro atoms. The van der Waals surface area contributed by atoms with Gasteiger partial charge in [0.2, 0.25) is 5.91 Å². The summed E-state index contributed by atoms with van der Waals surface area (Å²) in [5.41, 5.74) is -2.01. The molecule has 2 bridgehead atoms. The normalized spacial score (nSPS) is 23.8. The van der Waals surface area contributed by atoms with Crippen LogP contribution in [0, 0.1) is 29.8 Å². The molecule has 0 N–H and O–H groups in total. The molecule has 10 nitrogen and oxygen atoms in total. The molecule has 2 unspecified atom stereocenters. The molecule has 276 valence electrons. The summed E-state index contributed by atoms with van der Waals surface area (Å²) in [5.74, 6) is -1.82. The third kappa shape index (κ3) is 5.67. The van der Waals surface area contributed by atoms with Crippen molar-refractivity contribution in [3.8, 4) is 41.0 Å². The number of rotatable bonds is 7. The molecule has 0 saturated carbocycles. The molecule has 4 aromatic rings. The van der Waals surface area contributed by atoms with Crippen LogP contribution in [0.1, 0.15) is 51.5 Å². The zero-order valence-corrected chi connectivity index (χ0v) is 29.5. The molecule has 4 aliphatic rings. The summed E-state index contributed by atoms with van der Waals surface area (Å²) in [5, 5.41) is 0.205. The van der Waals surface area contributed by atoms with Crippen LogP contribution < -0.4 is 19.1 Å². The Balaban J connectivity index is 1.36. The van der Waals surface area contributed by atoms with Crippen molar-refractivity contribution in [1.82, 2.24) is 19.8 Å². The van der Waals surface area contributed by atoms with Crippen molar-refractivity contribution < 1.29 is 41.4 Å². The number of hydrogen-bond donors (Lipinski definition) is 0. The van der Waals surface area contributed by atoms with E-state index in [-0.39, 0.29) is 87.1 Å². The molecule has 1 amide bonds. The predicted molar refractivity (Wildman–Crippen MR) is 188 cm³/mol. The Morgan fingerprint density at radius 1 is 1.04 bits per heavy atom. The topological polar surface area (TPSA) is 97.3 Å². The van der Waals surface area contributed by atoms with E-state index in [1.807, 2.05) is 9.80 Å². The van der Waals surface area contributed by atoms with E-state index in [1.165, 1.54) is 39.2 Å². The summed E-state index contributed by atoms with van der Waals surface area (Å²) >= 11 is 0. The van der Waals surface area contributed by atoms with Crippen molar-refractivity contribution in [2.45, 2.75) is 69.7 Å². The highest BCUT2D eigenvalue weighted by molar-refractivity contribution is 6.06. The lowest BCUT2D eigenvalue weighted by Gasteiger charge is -2.41. The Bertz CT molecular complexity index is 2230. The minimum absolute atomic E-state index is 0.00715. The van der Waals surface area contributed by atoms with Crippen LogP contribution in [0.5, 0.6) is 17.5 Å². The number of piperazine rings is 1. The smallest absolute Gasteiger partial charge is 0.319 e. The van der Waals surface area contributed by atoms with Crippen LogP contribution in [-0.4, -0.2) is 95.3 Å². The molecule has 5 heterocycles. The third-order valence-electron chi connectivity index (χ3n) is 11.2. The summed E-state index contributed by atoms with van der Waals surface area (Å²) in [6, 6.07) is 4.62. The van der Waals surface area contributed by atoms with Crippen LogP contribution in [0.15, 0.2) is 24.3 Å². The van der Waals surface area contributed by atoms with Gasteiger partial charge in [0.25, 0.3) is 0 Å². The van der Waals surface area contributed by atoms with Gasteiger partial charge in [0.05, 0.1) is 29.2 Å². The highest BCUT2D eigenvalue weighted by Gasteiger charge is 2.50. The maximum Gasteiger partial charge on any atom is 0.319 e. The summed E-state index contributed by atoms with van der Waals surface area (Å²) in [4.78, 5) is 39.6. The number of fused-ring (bicyclic) bond motifs is 5. The molecule has 8 rings (SSSR count). The maximum atomic E-state index is 17.4. The lowest BCUT2D eigenvalue weighted by molar-refractivity contribution is -0.132. The van der Waals surface area contributed by atoms with E-state index in [9.17, 15) is 14.0 Å². The zero-order valence-electron chi connectivity index (χ0n) is 29.5. The SMILES string of the molecule is C#Cc1c(F)ccc2cc(OC(C)=O)cc(-c3c(F)c(OC)c4c(N5CC6CCC(C5)N6C(C)=O)nc(OC[C@@]56CCCN5C[C@H](F)C6)nc4c3F)c12. The second kappa shape index (κ2) is 13.1. The van der Waals surface area contributed by atoms with Crippen LogP contribution in [-0.2, 0) is 9.59 Å². The minimum atomic E-state index is -1.14. The maximum absolute atomic E-state index is 17.4. The monoisotopic (exact) mass is 731 g/mol. The Morgan fingerprint density at radius 3 is 2.47 bits per heavy atom. The zero-order chi connectivity index (χ0) is 37.3. The molecule has 4 aliphatic heterocycles. The molecule has 0 aliphatic carbocycles. The fourth-order valence-corrected chi connectivity index (χ4v) is 9.17. The van der Waals surface area contributed by atoms with E-state index >= 15 is 13.2 Å².